The van der Waals surface area contributed by atoms with E-state index in [-0.39, 0.29) is 23.4 Å². The number of hydrogen-bond donors (Lipinski definition) is 2. The van der Waals surface area contributed by atoms with E-state index in [0.29, 0.717) is 30.2 Å². The van der Waals surface area contributed by atoms with Crippen LogP contribution in [0.25, 0.3) is 10.9 Å². The first-order valence-electron chi connectivity index (χ1n) is 10.8. The summed E-state index contributed by atoms with van der Waals surface area (Å²) in [5, 5.41) is 7.44. The lowest BCUT2D eigenvalue weighted by molar-refractivity contribution is -0.118. The van der Waals surface area contributed by atoms with Crippen LogP contribution in [0.3, 0.4) is 0 Å². The summed E-state index contributed by atoms with van der Waals surface area (Å²) < 4.78 is 15.1. The molecule has 1 heterocycles. The first-order chi connectivity index (χ1) is 16.5. The quantitative estimate of drug-likeness (QED) is 0.311. The number of halogens is 2. The van der Waals surface area contributed by atoms with Crippen LogP contribution in [0.15, 0.2) is 83.9 Å². The van der Waals surface area contributed by atoms with Gasteiger partial charge < -0.3 is 15.2 Å². The Balaban J connectivity index is 1.33. The van der Waals surface area contributed by atoms with Gasteiger partial charge in [-0.05, 0) is 48.0 Å². The lowest BCUT2D eigenvalue weighted by Crippen LogP contribution is -2.27. The Morgan fingerprint density at radius 3 is 2.44 bits per heavy atom. The van der Waals surface area contributed by atoms with Crippen molar-refractivity contribution >= 4 is 46.1 Å². The molecule has 2 N–H and O–H groups in total. The van der Waals surface area contributed by atoms with Crippen LogP contribution in [0.1, 0.15) is 15.9 Å². The SMILES string of the molecule is O=C(CSc1cn(CCNC(=O)c2ccc(Cl)cc2)c2ccccc12)NCc1ccc(F)cc1. The summed E-state index contributed by atoms with van der Waals surface area (Å²) in [6.07, 6.45) is 2.01. The molecule has 3 aromatic carbocycles. The lowest BCUT2D eigenvalue weighted by atomic mass is 10.2. The van der Waals surface area contributed by atoms with E-state index in [1.165, 1.54) is 23.9 Å². The van der Waals surface area contributed by atoms with Crippen molar-refractivity contribution in [2.45, 2.75) is 18.0 Å². The highest BCUT2D eigenvalue weighted by molar-refractivity contribution is 8.00. The minimum Gasteiger partial charge on any atom is -0.351 e. The molecule has 0 saturated heterocycles. The standard InChI is InChI=1S/C26H23ClFN3O2S/c27-20-9-7-19(8-10-20)26(33)29-13-14-31-16-24(22-3-1-2-4-23(22)31)34-17-25(32)30-15-18-5-11-21(28)12-6-18/h1-12,16H,13-15,17H2,(H,29,33)(H,30,32). The number of carbonyl (C=O) groups is 2. The van der Waals surface area contributed by atoms with Crippen LogP contribution < -0.4 is 10.6 Å². The maximum absolute atomic E-state index is 13.0. The maximum atomic E-state index is 13.0. The summed E-state index contributed by atoms with van der Waals surface area (Å²) in [4.78, 5) is 25.7. The molecule has 34 heavy (non-hydrogen) atoms. The van der Waals surface area contributed by atoms with Crippen molar-refractivity contribution in [1.82, 2.24) is 15.2 Å². The van der Waals surface area contributed by atoms with Crippen LogP contribution in [0.2, 0.25) is 5.02 Å². The van der Waals surface area contributed by atoms with E-state index in [4.69, 9.17) is 11.6 Å². The normalized spacial score (nSPS) is 10.9. The van der Waals surface area contributed by atoms with Crippen LogP contribution in [-0.2, 0) is 17.9 Å². The second-order valence-electron chi connectivity index (χ2n) is 7.66. The zero-order chi connectivity index (χ0) is 23.9. The summed E-state index contributed by atoms with van der Waals surface area (Å²) >= 11 is 7.34. The number of para-hydroxylation sites is 1. The van der Waals surface area contributed by atoms with Gasteiger partial charge in [-0.25, -0.2) is 4.39 Å². The van der Waals surface area contributed by atoms with Gasteiger partial charge in [0, 0.05) is 52.2 Å². The highest BCUT2D eigenvalue weighted by atomic mass is 35.5. The van der Waals surface area contributed by atoms with Gasteiger partial charge in [0.15, 0.2) is 0 Å². The summed E-state index contributed by atoms with van der Waals surface area (Å²) in [5.74, 6) is -0.281. The molecular formula is C26H23ClFN3O2S. The largest absolute Gasteiger partial charge is 0.351 e. The van der Waals surface area contributed by atoms with Crippen molar-refractivity contribution in [2.24, 2.45) is 0 Å². The molecule has 2 amide bonds. The molecule has 0 spiro atoms. The van der Waals surface area contributed by atoms with E-state index < -0.39 is 0 Å². The zero-order valence-electron chi connectivity index (χ0n) is 18.3. The monoisotopic (exact) mass is 495 g/mol. The van der Waals surface area contributed by atoms with Crippen molar-refractivity contribution in [2.75, 3.05) is 12.3 Å². The van der Waals surface area contributed by atoms with Crippen LogP contribution in [0.4, 0.5) is 4.39 Å². The van der Waals surface area contributed by atoms with Gasteiger partial charge in [0.1, 0.15) is 5.82 Å². The lowest BCUT2D eigenvalue weighted by Gasteiger charge is -2.08. The van der Waals surface area contributed by atoms with E-state index in [9.17, 15) is 14.0 Å². The van der Waals surface area contributed by atoms with Crippen molar-refractivity contribution in [3.8, 4) is 0 Å². The summed E-state index contributed by atoms with van der Waals surface area (Å²) in [7, 11) is 0. The molecule has 1 aromatic heterocycles. The molecule has 0 fully saturated rings. The number of fused-ring (bicyclic) bond motifs is 1. The van der Waals surface area contributed by atoms with Gasteiger partial charge in [0.25, 0.3) is 5.91 Å². The molecule has 0 bridgehead atoms. The number of benzene rings is 3. The third-order valence-electron chi connectivity index (χ3n) is 5.26. The van der Waals surface area contributed by atoms with Crippen LogP contribution in [0.5, 0.6) is 0 Å². The first-order valence-corrected chi connectivity index (χ1v) is 12.1. The van der Waals surface area contributed by atoms with Gasteiger partial charge in [0.05, 0.1) is 5.75 Å². The average molecular weight is 496 g/mol. The minimum absolute atomic E-state index is 0.0959. The van der Waals surface area contributed by atoms with E-state index in [1.54, 1.807) is 36.4 Å². The summed E-state index contributed by atoms with van der Waals surface area (Å²) in [6.45, 7) is 1.41. The number of thioether (sulfide) groups is 1. The van der Waals surface area contributed by atoms with Crippen molar-refractivity contribution in [3.63, 3.8) is 0 Å². The van der Waals surface area contributed by atoms with Gasteiger partial charge in [-0.1, -0.05) is 41.9 Å². The smallest absolute Gasteiger partial charge is 0.251 e. The number of nitrogens with one attached hydrogen (secondary N) is 2. The Kier molecular flexibility index (Phi) is 7.87. The molecule has 0 saturated carbocycles. The number of aromatic nitrogens is 1. The Bertz CT molecular complexity index is 1290. The van der Waals surface area contributed by atoms with E-state index in [0.717, 1.165) is 21.4 Å². The van der Waals surface area contributed by atoms with E-state index in [1.807, 2.05) is 30.5 Å². The fourth-order valence-corrected chi connectivity index (χ4v) is 4.55. The predicted molar refractivity (Wildman–Crippen MR) is 135 cm³/mol. The molecule has 0 aliphatic rings. The topological polar surface area (TPSA) is 63.1 Å². The minimum atomic E-state index is -0.299. The molecule has 0 aliphatic heterocycles. The second kappa shape index (κ2) is 11.2. The van der Waals surface area contributed by atoms with Crippen LogP contribution >= 0.6 is 23.4 Å². The average Bonchev–Trinajstić information content (AvgIpc) is 3.20. The Morgan fingerprint density at radius 2 is 1.68 bits per heavy atom. The number of rotatable bonds is 9. The molecule has 0 atom stereocenters. The molecule has 0 unspecified atom stereocenters. The number of amides is 2. The molecule has 174 valence electrons. The van der Waals surface area contributed by atoms with Gasteiger partial charge in [-0.3, -0.25) is 9.59 Å². The molecule has 5 nitrogen and oxygen atoms in total. The third kappa shape index (κ3) is 6.18. The van der Waals surface area contributed by atoms with E-state index >= 15 is 0 Å². The predicted octanol–water partition coefficient (Wildman–Crippen LogP) is 5.27. The molecule has 0 radical (unpaired) electrons. The van der Waals surface area contributed by atoms with Crippen LogP contribution in [-0.4, -0.2) is 28.7 Å². The first kappa shape index (κ1) is 23.9. The molecule has 4 aromatic rings. The molecule has 8 heteroatoms. The fraction of sp³-hybridized carbons (Fsp3) is 0.154. The Labute approximate surface area is 206 Å². The third-order valence-corrected chi connectivity index (χ3v) is 6.55. The highest BCUT2D eigenvalue weighted by Gasteiger charge is 2.12. The van der Waals surface area contributed by atoms with Gasteiger partial charge in [0.2, 0.25) is 5.91 Å². The summed E-state index contributed by atoms with van der Waals surface area (Å²) in [5.41, 5.74) is 2.44. The van der Waals surface area contributed by atoms with Gasteiger partial charge in [-0.2, -0.15) is 0 Å². The zero-order valence-corrected chi connectivity index (χ0v) is 19.8. The fourth-order valence-electron chi connectivity index (χ4n) is 3.50. The Morgan fingerprint density at radius 1 is 0.941 bits per heavy atom. The van der Waals surface area contributed by atoms with Gasteiger partial charge >= 0.3 is 0 Å². The Hall–Kier alpha value is -3.29. The van der Waals surface area contributed by atoms with Gasteiger partial charge in [-0.15, -0.1) is 11.8 Å². The maximum Gasteiger partial charge on any atom is 0.251 e. The summed E-state index contributed by atoms with van der Waals surface area (Å²) in [6, 6.07) is 20.8. The number of hydrogen-bond acceptors (Lipinski definition) is 3. The van der Waals surface area contributed by atoms with Crippen LogP contribution in [0, 0.1) is 5.82 Å². The van der Waals surface area contributed by atoms with Crippen molar-refractivity contribution in [1.29, 1.82) is 0 Å². The molecule has 4 rings (SSSR count). The van der Waals surface area contributed by atoms with Crippen molar-refractivity contribution < 1.29 is 14.0 Å². The number of carbonyl (C=O) groups excluding carboxylic acids is 2. The van der Waals surface area contributed by atoms with Crippen molar-refractivity contribution in [3.05, 3.63) is 101 Å². The molecular weight excluding hydrogens is 473 g/mol. The number of nitrogens with zero attached hydrogens (tertiary/aromatic N) is 1. The highest BCUT2D eigenvalue weighted by Crippen LogP contribution is 2.29. The molecule has 0 aliphatic carbocycles. The second-order valence-corrected chi connectivity index (χ2v) is 9.11. The van der Waals surface area contributed by atoms with E-state index in [2.05, 4.69) is 15.2 Å².